The Hall–Kier alpha value is -1.25. The molecule has 0 spiro atoms. The van der Waals surface area contributed by atoms with Gasteiger partial charge in [0.05, 0.1) is 22.8 Å². The van der Waals surface area contributed by atoms with Gasteiger partial charge in [0.2, 0.25) is 11.8 Å². The Morgan fingerprint density at radius 3 is 2.68 bits per heavy atom. The molecule has 2 fully saturated rings. The number of halogens is 1. The molecule has 25 heavy (non-hydrogen) atoms. The van der Waals surface area contributed by atoms with Gasteiger partial charge in [-0.15, -0.1) is 10.2 Å². The zero-order chi connectivity index (χ0) is 17.5. The molecule has 0 N–H and O–H groups in total. The summed E-state index contributed by atoms with van der Waals surface area (Å²) in [5.74, 6) is 1.11. The first-order valence-corrected chi connectivity index (χ1v) is 11.0. The van der Waals surface area contributed by atoms with Crippen LogP contribution in [0.4, 0.5) is 0 Å². The molecule has 6 nitrogen and oxygen atoms in total. The van der Waals surface area contributed by atoms with Crippen molar-refractivity contribution in [3.63, 3.8) is 0 Å². The standard InChI is InChI=1S/C17H19BrN2O4S/c18-14-3-1-2-13(10-14)17(5-7-23-8-6-17)16-20-19-15(24-16)12-4-9-25(21,22)11-12/h1-3,10,12H,4-9,11H2. The van der Waals surface area contributed by atoms with Gasteiger partial charge in [-0.25, -0.2) is 8.42 Å². The van der Waals surface area contributed by atoms with E-state index < -0.39 is 9.84 Å². The maximum atomic E-state index is 11.7. The number of ether oxygens (including phenoxy) is 1. The summed E-state index contributed by atoms with van der Waals surface area (Å²) in [7, 11) is -2.99. The molecule has 2 aliphatic rings. The highest BCUT2D eigenvalue weighted by Gasteiger charge is 2.42. The second kappa shape index (κ2) is 6.48. The van der Waals surface area contributed by atoms with E-state index in [2.05, 4.69) is 38.3 Å². The molecular weight excluding hydrogens is 408 g/mol. The fourth-order valence-electron chi connectivity index (χ4n) is 3.71. The van der Waals surface area contributed by atoms with Crippen LogP contribution in [-0.4, -0.2) is 43.3 Å². The lowest BCUT2D eigenvalue weighted by Gasteiger charge is -2.34. The van der Waals surface area contributed by atoms with E-state index >= 15 is 0 Å². The summed E-state index contributed by atoms with van der Waals surface area (Å²) in [6.45, 7) is 1.25. The van der Waals surface area contributed by atoms with E-state index in [0.29, 0.717) is 31.4 Å². The van der Waals surface area contributed by atoms with E-state index in [9.17, 15) is 8.42 Å². The van der Waals surface area contributed by atoms with E-state index in [1.54, 1.807) is 0 Å². The van der Waals surface area contributed by atoms with E-state index in [1.165, 1.54) is 0 Å². The van der Waals surface area contributed by atoms with Crippen LogP contribution in [0.2, 0.25) is 0 Å². The highest BCUT2D eigenvalue weighted by atomic mass is 79.9. The molecule has 1 aromatic carbocycles. The second-order valence-corrected chi connectivity index (χ2v) is 9.89. The van der Waals surface area contributed by atoms with Gasteiger partial charge in [-0.3, -0.25) is 0 Å². The number of aromatic nitrogens is 2. The van der Waals surface area contributed by atoms with Gasteiger partial charge >= 0.3 is 0 Å². The predicted molar refractivity (Wildman–Crippen MR) is 95.3 cm³/mol. The summed E-state index contributed by atoms with van der Waals surface area (Å²) >= 11 is 3.53. The van der Waals surface area contributed by atoms with Gasteiger partial charge in [0.15, 0.2) is 9.84 Å². The monoisotopic (exact) mass is 426 g/mol. The molecule has 2 aromatic rings. The average Bonchev–Trinajstić information content (AvgIpc) is 3.22. The van der Waals surface area contributed by atoms with E-state index in [1.807, 2.05) is 12.1 Å². The number of benzene rings is 1. The molecule has 0 saturated carbocycles. The van der Waals surface area contributed by atoms with E-state index in [4.69, 9.17) is 9.15 Å². The molecule has 0 radical (unpaired) electrons. The van der Waals surface area contributed by atoms with Crippen LogP contribution in [0.5, 0.6) is 0 Å². The van der Waals surface area contributed by atoms with Crippen molar-refractivity contribution < 1.29 is 17.6 Å². The van der Waals surface area contributed by atoms with Crippen LogP contribution in [0, 0.1) is 0 Å². The Morgan fingerprint density at radius 2 is 2.00 bits per heavy atom. The van der Waals surface area contributed by atoms with Crippen molar-refractivity contribution in [1.29, 1.82) is 0 Å². The van der Waals surface area contributed by atoms with Crippen molar-refractivity contribution in [1.82, 2.24) is 10.2 Å². The molecule has 0 aliphatic carbocycles. The summed E-state index contributed by atoms with van der Waals surface area (Å²) in [5.41, 5.74) is 0.726. The third-order valence-electron chi connectivity index (χ3n) is 5.16. The lowest BCUT2D eigenvalue weighted by atomic mass is 9.74. The Kier molecular flexibility index (Phi) is 4.45. The van der Waals surface area contributed by atoms with Gasteiger partial charge in [-0.05, 0) is 37.0 Å². The molecule has 0 bridgehead atoms. The van der Waals surface area contributed by atoms with Crippen LogP contribution in [0.25, 0.3) is 0 Å². The van der Waals surface area contributed by atoms with Gasteiger partial charge in [0, 0.05) is 17.7 Å². The minimum Gasteiger partial charge on any atom is -0.424 e. The third-order valence-corrected chi connectivity index (χ3v) is 7.42. The molecule has 1 atom stereocenters. The molecule has 2 aliphatic heterocycles. The normalized spacial score (nSPS) is 25.1. The summed E-state index contributed by atoms with van der Waals surface area (Å²) in [5, 5.41) is 8.53. The molecule has 0 amide bonds. The van der Waals surface area contributed by atoms with Crippen molar-refractivity contribution >= 4 is 25.8 Å². The van der Waals surface area contributed by atoms with Gasteiger partial charge < -0.3 is 9.15 Å². The van der Waals surface area contributed by atoms with Crippen LogP contribution in [0.15, 0.2) is 33.2 Å². The number of hydrogen-bond acceptors (Lipinski definition) is 6. The average molecular weight is 427 g/mol. The van der Waals surface area contributed by atoms with E-state index in [0.717, 1.165) is 22.9 Å². The van der Waals surface area contributed by atoms with Crippen molar-refractivity contribution in [3.8, 4) is 0 Å². The minimum atomic E-state index is -2.99. The molecule has 3 heterocycles. The maximum absolute atomic E-state index is 11.7. The van der Waals surface area contributed by atoms with Crippen LogP contribution in [0.1, 0.15) is 42.5 Å². The van der Waals surface area contributed by atoms with Crippen molar-refractivity contribution in [2.75, 3.05) is 24.7 Å². The van der Waals surface area contributed by atoms with Gasteiger partial charge in [0.1, 0.15) is 0 Å². The molecular formula is C17H19BrN2O4S. The van der Waals surface area contributed by atoms with Crippen molar-refractivity contribution in [2.24, 2.45) is 0 Å². The molecule has 134 valence electrons. The topological polar surface area (TPSA) is 82.3 Å². The predicted octanol–water partition coefficient (Wildman–Crippen LogP) is 2.83. The molecule has 4 rings (SSSR count). The first-order chi connectivity index (χ1) is 12.0. The zero-order valence-corrected chi connectivity index (χ0v) is 16.1. The van der Waals surface area contributed by atoms with Crippen LogP contribution < -0.4 is 0 Å². The second-order valence-electron chi connectivity index (χ2n) is 6.75. The molecule has 8 heteroatoms. The lowest BCUT2D eigenvalue weighted by Crippen LogP contribution is -2.35. The summed E-state index contributed by atoms with van der Waals surface area (Å²) in [6, 6.07) is 8.13. The fourth-order valence-corrected chi connectivity index (χ4v) is 5.85. The molecule has 1 aromatic heterocycles. The highest BCUT2D eigenvalue weighted by Crippen LogP contribution is 2.42. The summed E-state index contributed by atoms with van der Waals surface area (Å²) in [6.07, 6.45) is 2.07. The van der Waals surface area contributed by atoms with Crippen LogP contribution in [-0.2, 0) is 20.0 Å². The Balaban J connectivity index is 1.72. The number of hydrogen-bond donors (Lipinski definition) is 0. The minimum absolute atomic E-state index is 0.0988. The Bertz CT molecular complexity index is 874. The van der Waals surface area contributed by atoms with Gasteiger partial charge in [-0.1, -0.05) is 28.1 Å². The number of sulfone groups is 1. The van der Waals surface area contributed by atoms with Crippen molar-refractivity contribution in [2.45, 2.75) is 30.6 Å². The smallest absolute Gasteiger partial charge is 0.227 e. The summed E-state index contributed by atoms with van der Waals surface area (Å²) < 4.78 is 36.1. The lowest BCUT2D eigenvalue weighted by molar-refractivity contribution is 0.0539. The zero-order valence-electron chi connectivity index (χ0n) is 13.7. The first kappa shape index (κ1) is 17.2. The fraction of sp³-hybridized carbons (Fsp3) is 0.529. The van der Waals surface area contributed by atoms with Gasteiger partial charge in [0.25, 0.3) is 0 Å². The Morgan fingerprint density at radius 1 is 1.20 bits per heavy atom. The quantitative estimate of drug-likeness (QED) is 0.750. The molecule has 2 saturated heterocycles. The molecule has 1 unspecified atom stereocenters. The SMILES string of the molecule is O=S1(=O)CCC(c2nnc(C3(c4cccc(Br)c4)CCOCC3)o2)C1. The largest absolute Gasteiger partial charge is 0.424 e. The first-order valence-electron chi connectivity index (χ1n) is 8.37. The van der Waals surface area contributed by atoms with Crippen LogP contribution in [0.3, 0.4) is 0 Å². The van der Waals surface area contributed by atoms with Crippen LogP contribution >= 0.6 is 15.9 Å². The third kappa shape index (κ3) is 3.27. The summed E-state index contributed by atoms with van der Waals surface area (Å²) in [4.78, 5) is 0. The Labute approximate surface area is 155 Å². The maximum Gasteiger partial charge on any atom is 0.227 e. The highest BCUT2D eigenvalue weighted by molar-refractivity contribution is 9.10. The van der Waals surface area contributed by atoms with E-state index in [-0.39, 0.29) is 22.8 Å². The number of rotatable bonds is 3. The van der Waals surface area contributed by atoms with Crippen molar-refractivity contribution in [3.05, 3.63) is 46.1 Å². The van der Waals surface area contributed by atoms with Gasteiger partial charge in [-0.2, -0.15) is 0 Å². The number of nitrogens with zero attached hydrogens (tertiary/aromatic N) is 2.